The first-order valence-corrected chi connectivity index (χ1v) is 7.64. The minimum atomic E-state index is -1.11. The van der Waals surface area contributed by atoms with Gasteiger partial charge in [0.05, 0.1) is 24.3 Å². The summed E-state index contributed by atoms with van der Waals surface area (Å²) in [5.74, 6) is -1.08. The second-order valence-corrected chi connectivity index (χ2v) is 6.00. The van der Waals surface area contributed by atoms with E-state index in [1.54, 1.807) is 6.07 Å². The summed E-state index contributed by atoms with van der Waals surface area (Å²) in [6.45, 7) is 0.332. The summed E-state index contributed by atoms with van der Waals surface area (Å²) < 4.78 is 13.6. The summed E-state index contributed by atoms with van der Waals surface area (Å²) >= 11 is 0. The Hall–Kier alpha value is -2.66. The van der Waals surface area contributed by atoms with E-state index in [1.165, 1.54) is 11.1 Å². The van der Waals surface area contributed by atoms with Crippen LogP contribution in [0.4, 0.5) is 9.18 Å². The van der Waals surface area contributed by atoms with Crippen LogP contribution in [0.2, 0.25) is 0 Å². The highest BCUT2D eigenvalue weighted by Crippen LogP contribution is 2.37. The van der Waals surface area contributed by atoms with Gasteiger partial charge in [-0.2, -0.15) is 5.26 Å². The minimum absolute atomic E-state index is 0.193. The summed E-state index contributed by atoms with van der Waals surface area (Å²) in [5.41, 5.74) is 0.718. The number of hydrogen-bond donors (Lipinski definition) is 2. The summed E-state index contributed by atoms with van der Waals surface area (Å²) in [6.07, 6.45) is 0.253. The van der Waals surface area contributed by atoms with Gasteiger partial charge in [0, 0.05) is 18.4 Å². The molecule has 1 heterocycles. The van der Waals surface area contributed by atoms with Crippen LogP contribution in [-0.4, -0.2) is 34.8 Å². The number of nitriles is 1. The van der Waals surface area contributed by atoms with Gasteiger partial charge in [-0.15, -0.1) is 0 Å². The molecule has 2 amide bonds. The topological polar surface area (TPSA) is 103 Å². The van der Waals surface area contributed by atoms with Crippen molar-refractivity contribution in [1.29, 1.82) is 5.26 Å². The summed E-state index contributed by atoms with van der Waals surface area (Å²) in [5, 5.41) is 21.2. The van der Waals surface area contributed by atoms with Crippen LogP contribution in [0, 0.1) is 23.1 Å². The third-order valence-corrected chi connectivity index (χ3v) is 4.37. The summed E-state index contributed by atoms with van der Waals surface area (Å²) in [6, 6.07) is 5.23. The first-order valence-electron chi connectivity index (χ1n) is 7.64. The van der Waals surface area contributed by atoms with Crippen LogP contribution < -0.4 is 5.32 Å². The molecule has 0 aromatic heterocycles. The summed E-state index contributed by atoms with van der Waals surface area (Å²) in [4.78, 5) is 28.5. The Morgan fingerprint density at radius 2 is 2.12 bits per heavy atom. The molecule has 0 spiro atoms. The first kappa shape index (κ1) is 16.2. The van der Waals surface area contributed by atoms with E-state index in [2.05, 4.69) is 5.32 Å². The number of carbonyl (C=O) groups excluding carboxylic acids is 1. The highest BCUT2D eigenvalue weighted by atomic mass is 19.1. The van der Waals surface area contributed by atoms with E-state index < -0.39 is 18.0 Å². The first-order chi connectivity index (χ1) is 11.5. The molecule has 1 aliphatic carbocycles. The van der Waals surface area contributed by atoms with E-state index in [0.29, 0.717) is 31.4 Å². The number of nitrogens with zero attached hydrogens (tertiary/aromatic N) is 2. The maximum absolute atomic E-state index is 13.6. The van der Waals surface area contributed by atoms with Crippen molar-refractivity contribution in [3.05, 3.63) is 35.1 Å². The molecule has 3 rings (SSSR count). The van der Waals surface area contributed by atoms with Crippen LogP contribution >= 0.6 is 0 Å². The van der Waals surface area contributed by atoms with Gasteiger partial charge in [0.25, 0.3) is 0 Å². The van der Waals surface area contributed by atoms with Crippen LogP contribution in [0.5, 0.6) is 0 Å². The molecule has 2 fully saturated rings. The maximum atomic E-state index is 13.6. The molecule has 1 aromatic rings. The highest BCUT2D eigenvalue weighted by Gasteiger charge is 2.42. The van der Waals surface area contributed by atoms with E-state index in [1.807, 2.05) is 6.07 Å². The average Bonchev–Trinajstić information content (AvgIpc) is 2.98. The fourth-order valence-corrected chi connectivity index (χ4v) is 3.15. The minimum Gasteiger partial charge on any atom is -0.465 e. The molecule has 1 aromatic carbocycles. The van der Waals surface area contributed by atoms with Gasteiger partial charge >= 0.3 is 6.09 Å². The van der Waals surface area contributed by atoms with Crippen LogP contribution in [-0.2, 0) is 9.63 Å². The van der Waals surface area contributed by atoms with E-state index in [9.17, 15) is 14.0 Å². The van der Waals surface area contributed by atoms with Crippen molar-refractivity contribution in [1.82, 2.24) is 10.4 Å². The highest BCUT2D eigenvalue weighted by molar-refractivity contribution is 5.80. The number of amides is 2. The zero-order valence-corrected chi connectivity index (χ0v) is 12.7. The fourth-order valence-electron chi connectivity index (χ4n) is 3.15. The molecule has 0 unspecified atom stereocenters. The van der Waals surface area contributed by atoms with E-state index in [4.69, 9.17) is 15.2 Å². The molecule has 1 atom stereocenters. The van der Waals surface area contributed by atoms with Crippen LogP contribution in [0.3, 0.4) is 0 Å². The number of carbonyl (C=O) groups is 2. The van der Waals surface area contributed by atoms with E-state index in [-0.39, 0.29) is 23.4 Å². The average molecular weight is 333 g/mol. The Balaban J connectivity index is 1.70. The zero-order valence-electron chi connectivity index (χ0n) is 12.7. The normalized spacial score (nSPS) is 25.7. The van der Waals surface area contributed by atoms with Gasteiger partial charge in [-0.25, -0.2) is 14.2 Å². The van der Waals surface area contributed by atoms with Crippen molar-refractivity contribution in [3.8, 4) is 6.07 Å². The third kappa shape index (κ3) is 3.16. The predicted molar refractivity (Wildman–Crippen MR) is 78.9 cm³/mol. The van der Waals surface area contributed by atoms with Crippen molar-refractivity contribution in [2.24, 2.45) is 5.92 Å². The number of nitrogens with one attached hydrogen (secondary N) is 1. The lowest BCUT2D eigenvalue weighted by Crippen LogP contribution is -2.49. The molecular weight excluding hydrogens is 317 g/mol. The van der Waals surface area contributed by atoms with Gasteiger partial charge in [0.15, 0.2) is 0 Å². The van der Waals surface area contributed by atoms with Gasteiger partial charge in [-0.3, -0.25) is 9.63 Å². The third-order valence-electron chi connectivity index (χ3n) is 4.37. The molecule has 1 saturated carbocycles. The quantitative estimate of drug-likeness (QED) is 0.880. The molecule has 1 aliphatic heterocycles. The predicted octanol–water partition coefficient (Wildman–Crippen LogP) is 1.95. The van der Waals surface area contributed by atoms with E-state index >= 15 is 0 Å². The molecule has 7 nitrogen and oxygen atoms in total. The lowest BCUT2D eigenvalue weighted by molar-refractivity contribution is -0.185. The summed E-state index contributed by atoms with van der Waals surface area (Å²) in [7, 11) is 0. The second kappa shape index (κ2) is 6.45. The molecule has 126 valence electrons. The largest absolute Gasteiger partial charge is 0.465 e. The van der Waals surface area contributed by atoms with Gasteiger partial charge in [-0.05, 0) is 36.6 Å². The Morgan fingerprint density at radius 3 is 2.79 bits per heavy atom. The van der Waals surface area contributed by atoms with Crippen LogP contribution in [0.1, 0.15) is 36.4 Å². The standard InChI is InChI=1S/C16H16FN3O4/c17-12-4-9(8-18)3-10(5-12)14-1-2-24-20(14)15(21)11-6-13(7-11)19-16(22)23/h3-5,11,13-14,19H,1-2,6-7H2,(H,22,23)/t11-,13+,14-/m0/s1. The zero-order chi connectivity index (χ0) is 17.3. The van der Waals surface area contributed by atoms with Crippen molar-refractivity contribution < 1.29 is 23.9 Å². The number of hydroxylamine groups is 2. The molecule has 0 radical (unpaired) electrons. The Labute approximate surface area is 137 Å². The molecule has 8 heteroatoms. The Kier molecular flexibility index (Phi) is 4.36. The fraction of sp³-hybridized carbons (Fsp3) is 0.438. The number of halogens is 1. The maximum Gasteiger partial charge on any atom is 0.404 e. The van der Waals surface area contributed by atoms with Gasteiger partial charge in [0.2, 0.25) is 5.91 Å². The molecule has 24 heavy (non-hydrogen) atoms. The van der Waals surface area contributed by atoms with Gasteiger partial charge in [-0.1, -0.05) is 0 Å². The van der Waals surface area contributed by atoms with Crippen molar-refractivity contribution in [2.75, 3.05) is 6.61 Å². The molecule has 2 N–H and O–H groups in total. The Bertz CT molecular complexity index is 712. The van der Waals surface area contributed by atoms with Crippen LogP contribution in [0.25, 0.3) is 0 Å². The van der Waals surface area contributed by atoms with Crippen molar-refractivity contribution in [3.63, 3.8) is 0 Å². The van der Waals surface area contributed by atoms with Gasteiger partial charge in [0.1, 0.15) is 5.82 Å². The van der Waals surface area contributed by atoms with Crippen molar-refractivity contribution in [2.45, 2.75) is 31.3 Å². The van der Waals surface area contributed by atoms with Gasteiger partial charge < -0.3 is 10.4 Å². The van der Waals surface area contributed by atoms with Crippen molar-refractivity contribution >= 4 is 12.0 Å². The Morgan fingerprint density at radius 1 is 1.38 bits per heavy atom. The smallest absolute Gasteiger partial charge is 0.404 e. The van der Waals surface area contributed by atoms with Crippen LogP contribution in [0.15, 0.2) is 18.2 Å². The molecule has 1 saturated heterocycles. The molecular formula is C16H16FN3O4. The lowest BCUT2D eigenvalue weighted by Gasteiger charge is -2.37. The number of carboxylic acid groups (broad SMARTS) is 1. The monoisotopic (exact) mass is 333 g/mol. The van der Waals surface area contributed by atoms with E-state index in [0.717, 1.165) is 6.07 Å². The number of benzene rings is 1. The lowest BCUT2D eigenvalue weighted by atomic mass is 9.79. The SMILES string of the molecule is N#Cc1cc(F)cc([C@@H]2CCON2C(=O)[C@H]2C[C@@H](NC(=O)O)C2)c1. The number of hydrogen-bond acceptors (Lipinski definition) is 4. The molecule has 2 aliphatic rings. The molecule has 0 bridgehead atoms. The number of rotatable bonds is 3. The second-order valence-electron chi connectivity index (χ2n) is 6.00.